The summed E-state index contributed by atoms with van der Waals surface area (Å²) in [5.41, 5.74) is 0.652. The van der Waals surface area contributed by atoms with Crippen molar-refractivity contribution in [3.8, 4) is 11.5 Å². The number of pyridine rings is 1. The van der Waals surface area contributed by atoms with Gasteiger partial charge in [0.1, 0.15) is 23.1 Å². The summed E-state index contributed by atoms with van der Waals surface area (Å²) in [5.74, 6) is -0.663. The van der Waals surface area contributed by atoms with Crippen molar-refractivity contribution in [1.29, 1.82) is 0 Å². The number of rotatable bonds is 3. The summed E-state index contributed by atoms with van der Waals surface area (Å²) in [4.78, 5) is 3.88. The van der Waals surface area contributed by atoms with Crippen molar-refractivity contribution >= 4 is 11.6 Å². The van der Waals surface area contributed by atoms with Gasteiger partial charge in [0.15, 0.2) is 0 Å². The summed E-state index contributed by atoms with van der Waals surface area (Å²) in [6, 6.07) is 4.56. The van der Waals surface area contributed by atoms with Crippen LogP contribution in [0.4, 0.5) is 8.78 Å². The molecule has 2 aromatic rings. The molecule has 2 nitrogen and oxygen atoms in total. The van der Waals surface area contributed by atoms with Crippen LogP contribution in [0, 0.1) is 11.6 Å². The molecule has 17 heavy (non-hydrogen) atoms. The molecule has 0 N–H and O–H groups in total. The van der Waals surface area contributed by atoms with Crippen molar-refractivity contribution in [1.82, 2.24) is 4.98 Å². The Hall–Kier alpha value is -1.68. The van der Waals surface area contributed by atoms with E-state index in [9.17, 15) is 8.78 Å². The zero-order valence-corrected chi connectivity index (χ0v) is 9.42. The Bertz CT molecular complexity index is 513. The molecule has 88 valence electrons. The Balaban J connectivity index is 2.31. The molecule has 1 heterocycles. The first-order valence-corrected chi connectivity index (χ1v) is 5.35. The van der Waals surface area contributed by atoms with Crippen molar-refractivity contribution < 1.29 is 13.5 Å². The molecular weight excluding hydrogens is 248 g/mol. The Kier molecular flexibility index (Phi) is 3.54. The van der Waals surface area contributed by atoms with E-state index >= 15 is 0 Å². The molecule has 1 aromatic carbocycles. The molecule has 0 aliphatic heterocycles. The third kappa shape index (κ3) is 2.91. The molecule has 0 amide bonds. The minimum Gasteiger partial charge on any atom is -0.457 e. The predicted octanol–water partition coefficient (Wildman–Crippen LogP) is 3.89. The van der Waals surface area contributed by atoms with Crippen LogP contribution in [-0.4, -0.2) is 4.98 Å². The predicted molar refractivity (Wildman–Crippen MR) is 60.2 cm³/mol. The molecule has 5 heteroatoms. The maximum Gasteiger partial charge on any atom is 0.134 e. The lowest BCUT2D eigenvalue weighted by atomic mass is 10.3. The van der Waals surface area contributed by atoms with E-state index in [-0.39, 0.29) is 11.6 Å². The number of hydrogen-bond donors (Lipinski definition) is 0. The van der Waals surface area contributed by atoms with E-state index < -0.39 is 11.6 Å². The number of ether oxygens (including phenoxy) is 1. The summed E-state index contributed by atoms with van der Waals surface area (Å²) in [5, 5.41) is 0. The molecule has 0 atom stereocenters. The lowest BCUT2D eigenvalue weighted by molar-refractivity contribution is 0.464. The Morgan fingerprint density at radius 1 is 1.18 bits per heavy atom. The van der Waals surface area contributed by atoms with Gasteiger partial charge in [-0.1, -0.05) is 0 Å². The molecule has 0 spiro atoms. The molecule has 0 aliphatic carbocycles. The molecule has 0 radical (unpaired) electrons. The minimum absolute atomic E-state index is 0.0834. The van der Waals surface area contributed by atoms with E-state index in [0.29, 0.717) is 11.3 Å². The highest BCUT2D eigenvalue weighted by atomic mass is 35.5. The average Bonchev–Trinajstić information content (AvgIpc) is 2.28. The average molecular weight is 256 g/mol. The Morgan fingerprint density at radius 3 is 2.53 bits per heavy atom. The maximum absolute atomic E-state index is 13.0. The molecule has 1 aromatic heterocycles. The minimum atomic E-state index is -0.693. The highest BCUT2D eigenvalue weighted by molar-refractivity contribution is 6.17. The zero-order valence-electron chi connectivity index (χ0n) is 8.66. The third-order valence-corrected chi connectivity index (χ3v) is 2.35. The zero-order chi connectivity index (χ0) is 12.3. The maximum atomic E-state index is 13.0. The van der Waals surface area contributed by atoms with Gasteiger partial charge < -0.3 is 4.74 Å². The van der Waals surface area contributed by atoms with Crippen molar-refractivity contribution in [2.45, 2.75) is 5.88 Å². The van der Waals surface area contributed by atoms with Crippen LogP contribution in [-0.2, 0) is 5.88 Å². The molecule has 0 fully saturated rings. The van der Waals surface area contributed by atoms with E-state index in [2.05, 4.69) is 4.98 Å². The van der Waals surface area contributed by atoms with Gasteiger partial charge in [-0.2, -0.15) is 0 Å². The fourth-order valence-electron chi connectivity index (χ4n) is 1.33. The molecule has 0 saturated carbocycles. The highest BCUT2D eigenvalue weighted by Gasteiger charge is 2.06. The van der Waals surface area contributed by atoms with Crippen molar-refractivity contribution in [3.05, 3.63) is 53.9 Å². The number of hydrogen-bond acceptors (Lipinski definition) is 2. The summed E-state index contributed by atoms with van der Waals surface area (Å²) >= 11 is 5.69. The second-order valence-electron chi connectivity index (χ2n) is 3.32. The van der Waals surface area contributed by atoms with Crippen LogP contribution in [0.3, 0.4) is 0 Å². The molecule has 0 saturated heterocycles. The van der Waals surface area contributed by atoms with E-state index in [4.69, 9.17) is 16.3 Å². The molecule has 0 unspecified atom stereocenters. The van der Waals surface area contributed by atoms with Crippen LogP contribution in [0.1, 0.15) is 5.56 Å². The van der Waals surface area contributed by atoms with Crippen LogP contribution in [0.25, 0.3) is 0 Å². The van der Waals surface area contributed by atoms with Gasteiger partial charge in [-0.15, -0.1) is 11.6 Å². The molecular formula is C12H8ClF2NO. The smallest absolute Gasteiger partial charge is 0.134 e. The van der Waals surface area contributed by atoms with Crippen LogP contribution < -0.4 is 4.74 Å². The van der Waals surface area contributed by atoms with Crippen molar-refractivity contribution in [2.24, 2.45) is 0 Å². The Morgan fingerprint density at radius 2 is 1.88 bits per heavy atom. The number of alkyl halides is 1. The third-order valence-electron chi connectivity index (χ3n) is 2.07. The van der Waals surface area contributed by atoms with Crippen LogP contribution in [0.2, 0.25) is 0 Å². The first kappa shape index (κ1) is 11.8. The van der Waals surface area contributed by atoms with Gasteiger partial charge in [0.05, 0.1) is 5.88 Å². The van der Waals surface area contributed by atoms with Gasteiger partial charge in [-0.25, -0.2) is 8.78 Å². The van der Waals surface area contributed by atoms with Gasteiger partial charge in [0, 0.05) is 36.2 Å². The first-order chi connectivity index (χ1) is 8.19. The Labute approximate surface area is 102 Å². The normalized spacial score (nSPS) is 10.3. The molecule has 2 rings (SSSR count). The number of aromatic nitrogens is 1. The van der Waals surface area contributed by atoms with E-state index in [1.807, 2.05) is 0 Å². The number of benzene rings is 1. The monoisotopic (exact) mass is 255 g/mol. The van der Waals surface area contributed by atoms with Crippen molar-refractivity contribution in [3.63, 3.8) is 0 Å². The van der Waals surface area contributed by atoms with Crippen LogP contribution in [0.5, 0.6) is 11.5 Å². The van der Waals surface area contributed by atoms with Crippen LogP contribution >= 0.6 is 11.6 Å². The van der Waals surface area contributed by atoms with Gasteiger partial charge in [-0.05, 0) is 6.07 Å². The summed E-state index contributed by atoms with van der Waals surface area (Å²) < 4.78 is 31.3. The molecule has 0 aliphatic rings. The van der Waals surface area contributed by atoms with Gasteiger partial charge in [0.25, 0.3) is 0 Å². The lowest BCUT2D eigenvalue weighted by Crippen LogP contribution is -1.92. The first-order valence-electron chi connectivity index (χ1n) is 4.82. The number of halogens is 3. The van der Waals surface area contributed by atoms with E-state index in [1.54, 1.807) is 6.07 Å². The summed E-state index contributed by atoms with van der Waals surface area (Å²) in [6.07, 6.45) is 3.05. The van der Waals surface area contributed by atoms with E-state index in [0.717, 1.165) is 18.2 Å². The second-order valence-corrected chi connectivity index (χ2v) is 3.59. The highest BCUT2D eigenvalue weighted by Crippen LogP contribution is 2.26. The quantitative estimate of drug-likeness (QED) is 0.776. The summed E-state index contributed by atoms with van der Waals surface area (Å²) in [6.45, 7) is 0. The van der Waals surface area contributed by atoms with Gasteiger partial charge in [-0.3, -0.25) is 4.98 Å². The molecule has 0 bridgehead atoms. The largest absolute Gasteiger partial charge is 0.457 e. The van der Waals surface area contributed by atoms with Crippen molar-refractivity contribution in [2.75, 3.05) is 0 Å². The lowest BCUT2D eigenvalue weighted by Gasteiger charge is -2.08. The fraction of sp³-hybridized carbons (Fsp3) is 0.0833. The fourth-order valence-corrected chi connectivity index (χ4v) is 1.53. The standard InChI is InChI=1S/C12H8ClF2NO/c13-6-8-7-16-2-1-12(8)17-11-4-9(14)3-10(15)5-11/h1-5,7H,6H2. The SMILES string of the molecule is Fc1cc(F)cc(Oc2ccncc2CCl)c1. The van der Waals surface area contributed by atoms with Crippen LogP contribution in [0.15, 0.2) is 36.7 Å². The van der Waals surface area contributed by atoms with E-state index in [1.165, 1.54) is 12.4 Å². The van der Waals surface area contributed by atoms with Gasteiger partial charge >= 0.3 is 0 Å². The van der Waals surface area contributed by atoms with Gasteiger partial charge in [0.2, 0.25) is 0 Å². The topological polar surface area (TPSA) is 22.1 Å². The summed E-state index contributed by atoms with van der Waals surface area (Å²) in [7, 11) is 0. The number of nitrogens with zero attached hydrogens (tertiary/aromatic N) is 1. The second kappa shape index (κ2) is 5.10.